The summed E-state index contributed by atoms with van der Waals surface area (Å²) in [6.07, 6.45) is 0. The highest BCUT2D eigenvalue weighted by molar-refractivity contribution is 5.46. The molecule has 0 radical (unpaired) electrons. The first kappa shape index (κ1) is 17.4. The zero-order valence-electron chi connectivity index (χ0n) is 14.7. The molecule has 0 aliphatic carbocycles. The smallest absolute Gasteiger partial charge is 0.165 e. The largest absolute Gasteiger partial charge is 0.493 e. The van der Waals surface area contributed by atoms with Gasteiger partial charge in [-0.3, -0.25) is 0 Å². The van der Waals surface area contributed by atoms with Crippen molar-refractivity contribution in [2.24, 2.45) is 5.41 Å². The summed E-state index contributed by atoms with van der Waals surface area (Å²) >= 11 is 0. The molecule has 2 rings (SSSR count). The number of rotatable bonds is 6. The van der Waals surface area contributed by atoms with Crippen LogP contribution in [0.2, 0.25) is 0 Å². The molecule has 0 fully saturated rings. The van der Waals surface area contributed by atoms with Gasteiger partial charge in [0.15, 0.2) is 11.5 Å². The SMILES string of the molecule is COc1cccc(CNC(c2ccccc2)C(C)(C)C)c1OC. The predicted octanol–water partition coefficient (Wildman–Crippen LogP) is 4.58. The van der Waals surface area contributed by atoms with Gasteiger partial charge < -0.3 is 14.8 Å². The number of ether oxygens (including phenoxy) is 2. The van der Waals surface area contributed by atoms with E-state index in [0.29, 0.717) is 0 Å². The molecule has 124 valence electrons. The second-order valence-corrected chi connectivity index (χ2v) is 6.74. The fourth-order valence-corrected chi connectivity index (χ4v) is 2.87. The van der Waals surface area contributed by atoms with Crippen LogP contribution in [0.4, 0.5) is 0 Å². The number of hydrogen-bond donors (Lipinski definition) is 1. The number of para-hydroxylation sites is 1. The molecule has 0 bridgehead atoms. The number of benzene rings is 2. The zero-order chi connectivity index (χ0) is 16.9. The Morgan fingerprint density at radius 2 is 1.61 bits per heavy atom. The summed E-state index contributed by atoms with van der Waals surface area (Å²) in [5.74, 6) is 1.56. The van der Waals surface area contributed by atoms with Crippen molar-refractivity contribution < 1.29 is 9.47 Å². The average Bonchev–Trinajstić information content (AvgIpc) is 2.54. The molecule has 2 aromatic rings. The Kier molecular flexibility index (Phi) is 5.67. The van der Waals surface area contributed by atoms with Gasteiger partial charge in [-0.25, -0.2) is 0 Å². The van der Waals surface area contributed by atoms with Crippen LogP contribution in [0.15, 0.2) is 48.5 Å². The minimum Gasteiger partial charge on any atom is -0.493 e. The van der Waals surface area contributed by atoms with Gasteiger partial charge in [0.1, 0.15) is 0 Å². The molecule has 0 amide bonds. The van der Waals surface area contributed by atoms with Crippen molar-refractivity contribution in [2.75, 3.05) is 14.2 Å². The van der Waals surface area contributed by atoms with Crippen molar-refractivity contribution in [3.05, 3.63) is 59.7 Å². The molecule has 0 spiro atoms. The van der Waals surface area contributed by atoms with Crippen LogP contribution in [0.5, 0.6) is 11.5 Å². The highest BCUT2D eigenvalue weighted by Gasteiger charge is 2.26. The Morgan fingerprint density at radius 1 is 0.913 bits per heavy atom. The second-order valence-electron chi connectivity index (χ2n) is 6.74. The lowest BCUT2D eigenvalue weighted by molar-refractivity contribution is 0.269. The lowest BCUT2D eigenvalue weighted by Crippen LogP contribution is -2.32. The molecule has 0 saturated heterocycles. The summed E-state index contributed by atoms with van der Waals surface area (Å²) in [4.78, 5) is 0. The molecule has 0 aromatic heterocycles. The van der Waals surface area contributed by atoms with E-state index in [1.807, 2.05) is 18.2 Å². The summed E-state index contributed by atoms with van der Waals surface area (Å²) in [5, 5.41) is 3.68. The van der Waals surface area contributed by atoms with E-state index in [9.17, 15) is 0 Å². The predicted molar refractivity (Wildman–Crippen MR) is 95.0 cm³/mol. The molecule has 3 heteroatoms. The van der Waals surface area contributed by atoms with Crippen LogP contribution in [-0.2, 0) is 6.54 Å². The van der Waals surface area contributed by atoms with E-state index in [0.717, 1.165) is 23.6 Å². The molecule has 23 heavy (non-hydrogen) atoms. The Bertz CT molecular complexity index is 617. The van der Waals surface area contributed by atoms with Gasteiger partial charge in [0, 0.05) is 18.2 Å². The Balaban J connectivity index is 2.23. The van der Waals surface area contributed by atoms with Crippen LogP contribution >= 0.6 is 0 Å². The number of hydrogen-bond acceptors (Lipinski definition) is 3. The van der Waals surface area contributed by atoms with Crippen LogP contribution in [0.25, 0.3) is 0 Å². The molecule has 1 unspecified atom stereocenters. The van der Waals surface area contributed by atoms with Gasteiger partial charge in [0.05, 0.1) is 14.2 Å². The quantitative estimate of drug-likeness (QED) is 0.846. The van der Waals surface area contributed by atoms with E-state index in [4.69, 9.17) is 9.47 Å². The van der Waals surface area contributed by atoms with Crippen LogP contribution in [0.3, 0.4) is 0 Å². The Hall–Kier alpha value is -2.00. The van der Waals surface area contributed by atoms with Crippen molar-refractivity contribution in [2.45, 2.75) is 33.4 Å². The van der Waals surface area contributed by atoms with Crippen molar-refractivity contribution in [3.8, 4) is 11.5 Å². The van der Waals surface area contributed by atoms with E-state index in [2.05, 4.69) is 56.4 Å². The first-order valence-corrected chi connectivity index (χ1v) is 7.95. The maximum absolute atomic E-state index is 5.53. The fourth-order valence-electron chi connectivity index (χ4n) is 2.87. The van der Waals surface area contributed by atoms with Crippen molar-refractivity contribution in [3.63, 3.8) is 0 Å². The van der Waals surface area contributed by atoms with E-state index in [1.54, 1.807) is 14.2 Å². The maximum atomic E-state index is 5.53. The van der Waals surface area contributed by atoms with Crippen LogP contribution in [0, 0.1) is 5.41 Å². The number of nitrogens with one attached hydrogen (secondary N) is 1. The standard InChI is InChI=1S/C20H27NO2/c1-20(2,3)19(15-10-7-6-8-11-15)21-14-16-12-9-13-17(22-4)18(16)23-5/h6-13,19,21H,14H2,1-5H3. The monoisotopic (exact) mass is 313 g/mol. The normalized spacial score (nSPS) is 12.7. The zero-order valence-corrected chi connectivity index (χ0v) is 14.7. The summed E-state index contributed by atoms with van der Waals surface area (Å²) in [5.41, 5.74) is 2.49. The number of methoxy groups -OCH3 is 2. The van der Waals surface area contributed by atoms with Crippen LogP contribution in [-0.4, -0.2) is 14.2 Å². The minimum atomic E-state index is 0.105. The molecular weight excluding hydrogens is 286 g/mol. The van der Waals surface area contributed by atoms with Gasteiger partial charge >= 0.3 is 0 Å². The summed E-state index contributed by atoms with van der Waals surface area (Å²) in [7, 11) is 3.34. The minimum absolute atomic E-state index is 0.105. The van der Waals surface area contributed by atoms with Gasteiger partial charge in [-0.05, 0) is 17.0 Å². The highest BCUT2D eigenvalue weighted by atomic mass is 16.5. The van der Waals surface area contributed by atoms with Crippen molar-refractivity contribution in [1.29, 1.82) is 0 Å². The summed E-state index contributed by atoms with van der Waals surface area (Å²) in [6, 6.07) is 16.8. The third-order valence-electron chi connectivity index (χ3n) is 3.98. The van der Waals surface area contributed by atoms with Crippen molar-refractivity contribution >= 4 is 0 Å². The lowest BCUT2D eigenvalue weighted by Gasteiger charge is -2.32. The Morgan fingerprint density at radius 3 is 2.17 bits per heavy atom. The topological polar surface area (TPSA) is 30.5 Å². The second kappa shape index (κ2) is 7.51. The van der Waals surface area contributed by atoms with E-state index in [-0.39, 0.29) is 11.5 Å². The third kappa shape index (κ3) is 4.26. The molecular formula is C20H27NO2. The molecule has 1 N–H and O–H groups in total. The van der Waals surface area contributed by atoms with E-state index >= 15 is 0 Å². The van der Waals surface area contributed by atoms with Gasteiger partial charge in [0.25, 0.3) is 0 Å². The molecule has 0 saturated carbocycles. The molecule has 1 atom stereocenters. The summed E-state index contributed by atoms with van der Waals surface area (Å²) < 4.78 is 10.9. The highest BCUT2D eigenvalue weighted by Crippen LogP contribution is 2.35. The van der Waals surface area contributed by atoms with Gasteiger partial charge in [-0.1, -0.05) is 63.2 Å². The van der Waals surface area contributed by atoms with E-state index in [1.165, 1.54) is 5.56 Å². The molecule has 0 aliphatic rings. The van der Waals surface area contributed by atoms with Crippen molar-refractivity contribution in [1.82, 2.24) is 5.32 Å². The summed E-state index contributed by atoms with van der Waals surface area (Å²) in [6.45, 7) is 7.47. The maximum Gasteiger partial charge on any atom is 0.165 e. The van der Waals surface area contributed by atoms with E-state index < -0.39 is 0 Å². The molecule has 0 aliphatic heterocycles. The molecule has 2 aromatic carbocycles. The first-order valence-electron chi connectivity index (χ1n) is 7.95. The first-order chi connectivity index (χ1) is 11.0. The third-order valence-corrected chi connectivity index (χ3v) is 3.98. The van der Waals surface area contributed by atoms with Crippen LogP contribution < -0.4 is 14.8 Å². The molecule has 0 heterocycles. The average molecular weight is 313 g/mol. The van der Waals surface area contributed by atoms with Crippen LogP contribution in [0.1, 0.15) is 37.9 Å². The van der Waals surface area contributed by atoms with Gasteiger partial charge in [0.2, 0.25) is 0 Å². The van der Waals surface area contributed by atoms with Gasteiger partial charge in [-0.15, -0.1) is 0 Å². The lowest BCUT2D eigenvalue weighted by atomic mass is 9.82. The molecule has 3 nitrogen and oxygen atoms in total. The van der Waals surface area contributed by atoms with Gasteiger partial charge in [-0.2, -0.15) is 0 Å². The Labute approximate surface area is 139 Å². The fraction of sp³-hybridized carbons (Fsp3) is 0.400.